The molecule has 3 aliphatic carbocycles. The first kappa shape index (κ1) is 37.6. The summed E-state index contributed by atoms with van der Waals surface area (Å²) in [6.45, 7) is 7.25. The van der Waals surface area contributed by atoms with Gasteiger partial charge in [0.2, 0.25) is 11.8 Å². The molecule has 2 aromatic rings. The summed E-state index contributed by atoms with van der Waals surface area (Å²) in [5, 5.41) is 6.30. The maximum Gasteiger partial charge on any atom is 0.408 e. The number of fused-ring (bicyclic) bond motifs is 1. The molecule has 1 aromatic carbocycles. The quantitative estimate of drug-likeness (QED) is 0.272. The molecule has 0 spiro atoms. The van der Waals surface area contributed by atoms with Gasteiger partial charge in [0.25, 0.3) is 5.91 Å². The average Bonchev–Trinajstić information content (AvgIpc) is 3.92. The molecule has 4 amide bonds. The fraction of sp³-hybridized carbons (Fsp3) is 0.639. The van der Waals surface area contributed by atoms with Crippen LogP contribution in [0.1, 0.15) is 85.5 Å². The Morgan fingerprint density at radius 3 is 2.40 bits per heavy atom. The van der Waals surface area contributed by atoms with Gasteiger partial charge in [-0.25, -0.2) is 9.52 Å². The van der Waals surface area contributed by atoms with Gasteiger partial charge in [-0.1, -0.05) is 34.1 Å². The largest absolute Gasteiger partial charge is 0.497 e. The number of nitrogens with zero attached hydrogens (tertiary/aromatic N) is 2. The van der Waals surface area contributed by atoms with Gasteiger partial charge in [-0.2, -0.15) is 8.42 Å². The number of hydrogen-bond acceptors (Lipinski definition) is 11. The number of methoxy groups -OCH3 is 1. The van der Waals surface area contributed by atoms with Crippen LogP contribution < -0.4 is 24.8 Å². The van der Waals surface area contributed by atoms with E-state index in [9.17, 15) is 27.6 Å². The summed E-state index contributed by atoms with van der Waals surface area (Å²) >= 11 is 0. The third kappa shape index (κ3) is 8.38. The van der Waals surface area contributed by atoms with Gasteiger partial charge in [-0.05, 0) is 74.5 Å². The number of rotatable bonds is 13. The Kier molecular flexibility index (Phi) is 10.6. The van der Waals surface area contributed by atoms with Gasteiger partial charge >= 0.3 is 16.4 Å². The molecule has 15 nitrogen and oxygen atoms in total. The van der Waals surface area contributed by atoms with E-state index in [1.165, 1.54) is 4.90 Å². The van der Waals surface area contributed by atoms with Crippen molar-refractivity contribution in [2.45, 2.75) is 121 Å². The predicted molar refractivity (Wildman–Crippen MR) is 188 cm³/mol. The highest BCUT2D eigenvalue weighted by atomic mass is 32.2. The highest BCUT2D eigenvalue weighted by Crippen LogP contribution is 2.47. The first-order chi connectivity index (χ1) is 24.6. The number of carbonyl (C=O) groups excluding carboxylic acids is 4. The van der Waals surface area contributed by atoms with Crippen LogP contribution in [0.5, 0.6) is 11.5 Å². The number of pyridine rings is 1. The molecule has 4 unspecified atom stereocenters. The Morgan fingerprint density at radius 2 is 1.77 bits per heavy atom. The fourth-order valence-electron chi connectivity index (χ4n) is 7.20. The number of nitrogens with one attached hydrogen (secondary N) is 3. The van der Waals surface area contributed by atoms with Crippen LogP contribution in [0.4, 0.5) is 4.79 Å². The summed E-state index contributed by atoms with van der Waals surface area (Å²) in [5.41, 5.74) is -1.66. The Morgan fingerprint density at radius 1 is 1.04 bits per heavy atom. The SMILES string of the molecule is CCC1C[C@]1(NC(=O)C1CC(Oc2ccnc3cc(OC)ccc23)CN1C(=O)C(NC(=O)OC1CCCC1)C(C)(C)C)C(=O)NS(=O)(=O)OC1CC1. The molecule has 1 aliphatic heterocycles. The highest BCUT2D eigenvalue weighted by Gasteiger charge is 2.62. The second-order valence-electron chi connectivity index (χ2n) is 15.4. The van der Waals surface area contributed by atoms with Crippen LogP contribution in [0.2, 0.25) is 0 Å². The van der Waals surface area contributed by atoms with Crippen molar-refractivity contribution in [3.05, 3.63) is 30.5 Å². The standard InChI is InChI=1S/C36H49N5O10S/c1-6-21-19-36(21,33(44)40-52(46,47)51-23-11-12-23)39-31(42)28-18-25(49-29-15-16-37-27-17-24(48-5)13-14-26(27)29)20-41(28)32(43)30(35(2,3)4)38-34(45)50-22-9-7-8-10-22/h13-17,21-23,25,28,30H,6-12,18-20H2,1-5H3,(H,38,45)(H,39,42)(H,40,44)/t21?,25?,28?,30?,36-/m1/s1. The lowest BCUT2D eigenvalue weighted by molar-refractivity contribution is -0.143. The lowest BCUT2D eigenvalue weighted by Gasteiger charge is -2.35. The molecule has 6 rings (SSSR count). The van der Waals surface area contributed by atoms with E-state index in [4.69, 9.17) is 18.4 Å². The molecule has 52 heavy (non-hydrogen) atoms. The first-order valence-electron chi connectivity index (χ1n) is 18.1. The van der Waals surface area contributed by atoms with Crippen LogP contribution in [0.25, 0.3) is 10.9 Å². The van der Waals surface area contributed by atoms with Gasteiger partial charge in [0.05, 0.1) is 25.3 Å². The van der Waals surface area contributed by atoms with Crippen molar-refractivity contribution in [1.29, 1.82) is 0 Å². The number of likely N-dealkylation sites (tertiary alicyclic amines) is 1. The number of benzene rings is 1. The van der Waals surface area contributed by atoms with Crippen LogP contribution >= 0.6 is 0 Å². The molecular formula is C36H49N5O10S. The molecule has 1 aromatic heterocycles. The average molecular weight is 744 g/mol. The zero-order valence-corrected chi connectivity index (χ0v) is 31.1. The Labute approximate surface area is 304 Å². The van der Waals surface area contributed by atoms with Crippen LogP contribution in [0.15, 0.2) is 30.5 Å². The highest BCUT2D eigenvalue weighted by molar-refractivity contribution is 7.85. The van der Waals surface area contributed by atoms with Gasteiger partial charge in [0.15, 0.2) is 0 Å². The molecule has 4 aliphatic rings. The van der Waals surface area contributed by atoms with E-state index in [0.29, 0.717) is 41.7 Å². The lowest BCUT2D eigenvalue weighted by atomic mass is 9.85. The molecule has 3 saturated carbocycles. The van der Waals surface area contributed by atoms with Crippen molar-refractivity contribution in [1.82, 2.24) is 25.2 Å². The van der Waals surface area contributed by atoms with Gasteiger partial charge in [-0.3, -0.25) is 23.6 Å². The molecule has 2 heterocycles. The summed E-state index contributed by atoms with van der Waals surface area (Å²) < 4.78 is 49.6. The van der Waals surface area contributed by atoms with Crippen molar-refractivity contribution in [2.24, 2.45) is 11.3 Å². The molecule has 4 fully saturated rings. The second-order valence-corrected chi connectivity index (χ2v) is 16.7. The number of ether oxygens (including phenoxy) is 3. The normalized spacial score (nSPS) is 25.3. The van der Waals surface area contributed by atoms with Crippen molar-refractivity contribution in [2.75, 3.05) is 13.7 Å². The smallest absolute Gasteiger partial charge is 0.408 e. The number of amides is 4. The maximum absolute atomic E-state index is 14.5. The van der Waals surface area contributed by atoms with E-state index in [1.54, 1.807) is 52.3 Å². The lowest BCUT2D eigenvalue weighted by Crippen LogP contribution is -2.60. The van der Waals surface area contributed by atoms with Crippen LogP contribution in [-0.4, -0.2) is 91.7 Å². The van der Waals surface area contributed by atoms with E-state index in [-0.39, 0.29) is 31.4 Å². The number of hydrogen-bond donors (Lipinski definition) is 3. The summed E-state index contributed by atoms with van der Waals surface area (Å²) in [5.74, 6) is -1.28. The number of aromatic nitrogens is 1. The van der Waals surface area contributed by atoms with Crippen molar-refractivity contribution >= 4 is 45.0 Å². The van der Waals surface area contributed by atoms with E-state index in [2.05, 4.69) is 15.6 Å². The molecule has 3 N–H and O–H groups in total. The predicted octanol–water partition coefficient (Wildman–Crippen LogP) is 3.50. The van der Waals surface area contributed by atoms with E-state index in [1.807, 2.05) is 17.7 Å². The third-order valence-corrected chi connectivity index (χ3v) is 11.3. The van der Waals surface area contributed by atoms with Crippen LogP contribution in [0, 0.1) is 11.3 Å². The van der Waals surface area contributed by atoms with Crippen molar-refractivity contribution < 1.29 is 46.0 Å². The molecule has 16 heteroatoms. The second kappa shape index (κ2) is 14.7. The summed E-state index contributed by atoms with van der Waals surface area (Å²) in [6.07, 6.45) is 4.89. The Hall–Kier alpha value is -4.18. The van der Waals surface area contributed by atoms with E-state index >= 15 is 0 Å². The van der Waals surface area contributed by atoms with E-state index in [0.717, 1.165) is 25.7 Å². The third-order valence-electron chi connectivity index (χ3n) is 10.4. The number of alkyl carbamates (subject to hydrolysis) is 1. The zero-order valence-electron chi connectivity index (χ0n) is 30.3. The van der Waals surface area contributed by atoms with Gasteiger partial charge in [0, 0.05) is 24.1 Å². The fourth-order valence-corrected chi connectivity index (χ4v) is 8.20. The zero-order chi connectivity index (χ0) is 37.4. The first-order valence-corrected chi connectivity index (χ1v) is 19.5. The molecule has 284 valence electrons. The van der Waals surface area contributed by atoms with E-state index < -0.39 is 69.4 Å². The van der Waals surface area contributed by atoms with Crippen LogP contribution in [-0.2, 0) is 33.6 Å². The topological polar surface area (TPSA) is 192 Å². The van der Waals surface area contributed by atoms with Gasteiger partial charge < -0.3 is 29.7 Å². The van der Waals surface area contributed by atoms with Crippen molar-refractivity contribution in [3.8, 4) is 11.5 Å². The minimum absolute atomic E-state index is 0.0111. The Bertz CT molecular complexity index is 1810. The molecule has 0 radical (unpaired) electrons. The monoisotopic (exact) mass is 743 g/mol. The molecule has 1 saturated heterocycles. The minimum atomic E-state index is -4.39. The minimum Gasteiger partial charge on any atom is -0.497 e. The van der Waals surface area contributed by atoms with Gasteiger partial charge in [0.1, 0.15) is 41.3 Å². The number of carbonyl (C=O) groups is 4. The summed E-state index contributed by atoms with van der Waals surface area (Å²) in [7, 11) is -2.83. The molecule has 0 bridgehead atoms. The molecule has 5 atom stereocenters. The summed E-state index contributed by atoms with van der Waals surface area (Å²) in [4.78, 5) is 61.1. The Balaban J connectivity index is 1.26. The summed E-state index contributed by atoms with van der Waals surface area (Å²) in [6, 6.07) is 4.87. The van der Waals surface area contributed by atoms with Crippen molar-refractivity contribution in [3.63, 3.8) is 0 Å². The van der Waals surface area contributed by atoms with Crippen LogP contribution in [0.3, 0.4) is 0 Å². The maximum atomic E-state index is 14.5. The van der Waals surface area contributed by atoms with Gasteiger partial charge in [-0.15, -0.1) is 0 Å². The molecular weight excluding hydrogens is 694 g/mol.